The average molecular weight is 565 g/mol. The lowest BCUT2D eigenvalue weighted by molar-refractivity contribution is -0.138. The second-order valence-corrected chi connectivity index (χ2v) is 12.2. The van der Waals surface area contributed by atoms with E-state index in [2.05, 4.69) is 10.3 Å². The molecule has 1 aliphatic carbocycles. The summed E-state index contributed by atoms with van der Waals surface area (Å²) >= 11 is 0. The van der Waals surface area contributed by atoms with Gasteiger partial charge in [-0.2, -0.15) is 26.3 Å². The van der Waals surface area contributed by atoms with Crippen LogP contribution in [0.5, 0.6) is 0 Å². The monoisotopic (exact) mass is 564 g/mol. The van der Waals surface area contributed by atoms with Crippen molar-refractivity contribution >= 4 is 27.1 Å². The number of alkyl halides is 7. The minimum atomic E-state index is -4.79. The lowest BCUT2D eigenvalue weighted by Gasteiger charge is -2.40. The Hall–Kier alpha value is -2.96. The van der Waals surface area contributed by atoms with Gasteiger partial charge >= 0.3 is 12.4 Å². The molecule has 0 unspecified atom stereocenters. The van der Waals surface area contributed by atoms with Crippen LogP contribution >= 0.6 is 0 Å². The van der Waals surface area contributed by atoms with Crippen molar-refractivity contribution in [1.82, 2.24) is 5.32 Å². The predicted molar refractivity (Wildman–Crippen MR) is 124 cm³/mol. The van der Waals surface area contributed by atoms with Crippen molar-refractivity contribution in [3.63, 3.8) is 0 Å². The highest BCUT2D eigenvalue weighted by Gasteiger charge is 2.50. The first-order valence-electron chi connectivity index (χ1n) is 11.6. The molecule has 2 aliphatic rings. The Bertz CT molecular complexity index is 1390. The summed E-state index contributed by atoms with van der Waals surface area (Å²) in [7, 11) is -4.74. The van der Waals surface area contributed by atoms with E-state index in [0.29, 0.717) is 12.1 Å². The van der Waals surface area contributed by atoms with Crippen molar-refractivity contribution in [2.75, 3.05) is 6.54 Å². The quantitative estimate of drug-likeness (QED) is 0.440. The number of fused-ring (bicyclic) bond motifs is 1. The Kier molecular flexibility index (Phi) is 6.90. The maximum atomic E-state index is 15.7. The van der Waals surface area contributed by atoms with Gasteiger partial charge in [0.2, 0.25) is 14.8 Å². The fourth-order valence-electron chi connectivity index (χ4n) is 4.63. The van der Waals surface area contributed by atoms with Crippen LogP contribution < -0.4 is 5.32 Å². The molecule has 206 valence electrons. The molecule has 1 N–H and O–H groups in total. The zero-order chi connectivity index (χ0) is 28.1. The van der Waals surface area contributed by atoms with Crippen LogP contribution in [0.2, 0.25) is 0 Å². The molecular weight excluding hydrogens is 541 g/mol. The summed E-state index contributed by atoms with van der Waals surface area (Å²) in [5.41, 5.74) is -2.23. The molecule has 1 fully saturated rings. The van der Waals surface area contributed by atoms with Crippen LogP contribution in [0.3, 0.4) is 0 Å². The first-order chi connectivity index (χ1) is 17.4. The smallest absolute Gasteiger partial charge is 0.350 e. The van der Waals surface area contributed by atoms with E-state index in [4.69, 9.17) is 0 Å². The van der Waals surface area contributed by atoms with E-state index < -0.39 is 67.4 Å². The molecule has 0 saturated heterocycles. The van der Waals surface area contributed by atoms with Crippen molar-refractivity contribution in [2.24, 2.45) is 10.4 Å². The first-order valence-corrected chi connectivity index (χ1v) is 13.1. The third-order valence-electron chi connectivity index (χ3n) is 7.11. The third-order valence-corrected chi connectivity index (χ3v) is 9.36. The third kappa shape index (κ3) is 5.43. The normalized spacial score (nSPS) is 24.1. The van der Waals surface area contributed by atoms with Gasteiger partial charge in [0.15, 0.2) is 0 Å². The van der Waals surface area contributed by atoms with Gasteiger partial charge in [-0.15, -0.1) is 0 Å². The predicted octanol–water partition coefficient (Wildman–Crippen LogP) is 6.19. The number of carbonyl (C=O) groups excluding carboxylic acids is 1. The molecule has 1 aliphatic heterocycles. The number of nitrogens with zero attached hydrogens (tertiary/aromatic N) is 1. The number of aliphatic imine (C=N–C) groups is 1. The molecule has 2 aromatic rings. The summed E-state index contributed by atoms with van der Waals surface area (Å²) in [5, 5.41) is -0.122. The van der Waals surface area contributed by atoms with Crippen molar-refractivity contribution < 1.29 is 43.9 Å². The van der Waals surface area contributed by atoms with E-state index in [9.17, 15) is 39.6 Å². The summed E-state index contributed by atoms with van der Waals surface area (Å²) < 4.78 is 119. The van der Waals surface area contributed by atoms with Crippen molar-refractivity contribution in [1.29, 1.82) is 0 Å². The maximum absolute atomic E-state index is 15.7. The van der Waals surface area contributed by atoms with Gasteiger partial charge in [-0.05, 0) is 73.1 Å². The molecule has 0 radical (unpaired) electrons. The number of benzene rings is 2. The van der Waals surface area contributed by atoms with Crippen LogP contribution in [0.1, 0.15) is 49.3 Å². The second-order valence-electron chi connectivity index (χ2n) is 9.98. The van der Waals surface area contributed by atoms with Gasteiger partial charge in [0.25, 0.3) is 5.91 Å². The van der Waals surface area contributed by atoms with E-state index >= 15 is 4.39 Å². The van der Waals surface area contributed by atoms with Gasteiger partial charge in [-0.25, -0.2) is 17.8 Å². The lowest BCUT2D eigenvalue weighted by atomic mass is 9.74. The Balaban J connectivity index is 1.38. The largest absolute Gasteiger partial charge is 0.416 e. The molecule has 0 atom stereocenters. The van der Waals surface area contributed by atoms with Gasteiger partial charge in [0.05, 0.1) is 21.7 Å². The van der Waals surface area contributed by atoms with Crippen LogP contribution in [0.15, 0.2) is 52.4 Å². The van der Waals surface area contributed by atoms with Crippen LogP contribution in [0.25, 0.3) is 0 Å². The molecule has 13 heteroatoms. The Morgan fingerprint density at radius 1 is 0.947 bits per heavy atom. The van der Waals surface area contributed by atoms with Gasteiger partial charge in [0.1, 0.15) is 5.71 Å². The van der Waals surface area contributed by atoms with Gasteiger partial charge in [-0.1, -0.05) is 13.0 Å². The minimum Gasteiger partial charge on any atom is -0.350 e. The zero-order valence-electron chi connectivity index (χ0n) is 20.0. The standard InChI is InChI=1S/C25H23F7N2O3S/c1-22(14-33-21(35)20-12-15-11-17(25(30,31)32)5-6-19(15)34-20)7-9-23(26,10-8-22)38(36,37)18-4-2-3-16(13-18)24(27,28)29/h2-6,11,13H,7-10,12,14H2,1H3,(H,33,35). The van der Waals surface area contributed by atoms with Crippen LogP contribution in [-0.2, 0) is 33.4 Å². The summed E-state index contributed by atoms with van der Waals surface area (Å²) in [6.07, 6.45) is -10.3. The van der Waals surface area contributed by atoms with Crippen molar-refractivity contribution in [3.8, 4) is 0 Å². The molecule has 1 saturated carbocycles. The van der Waals surface area contributed by atoms with Gasteiger partial charge < -0.3 is 5.32 Å². The summed E-state index contributed by atoms with van der Waals surface area (Å²) in [5.74, 6) is -0.607. The SMILES string of the molecule is CC1(CNC(=O)C2=Nc3ccc(C(F)(F)F)cc3C2)CCC(F)(S(=O)(=O)c2cccc(C(F)(F)F)c2)CC1. The fraction of sp³-hybridized carbons (Fsp3) is 0.440. The van der Waals surface area contributed by atoms with Crippen LogP contribution in [-0.4, -0.2) is 31.6 Å². The molecule has 4 rings (SSSR count). The molecule has 2 aromatic carbocycles. The maximum Gasteiger partial charge on any atom is 0.416 e. The highest BCUT2D eigenvalue weighted by atomic mass is 32.2. The first kappa shape index (κ1) is 28.1. The number of amides is 1. The zero-order valence-corrected chi connectivity index (χ0v) is 20.8. The topological polar surface area (TPSA) is 75.6 Å². The number of halogens is 7. The minimum absolute atomic E-state index is 0.0175. The van der Waals surface area contributed by atoms with Crippen molar-refractivity contribution in [3.05, 3.63) is 59.2 Å². The Morgan fingerprint density at radius 3 is 2.16 bits per heavy atom. The van der Waals surface area contributed by atoms with Crippen molar-refractivity contribution in [2.45, 2.75) is 61.3 Å². The number of hydrogen-bond donors (Lipinski definition) is 1. The molecule has 1 heterocycles. The number of hydrogen-bond acceptors (Lipinski definition) is 4. The molecule has 0 aromatic heterocycles. The fourth-order valence-corrected chi connectivity index (χ4v) is 6.33. The molecule has 5 nitrogen and oxygen atoms in total. The number of sulfone groups is 1. The summed E-state index contributed by atoms with van der Waals surface area (Å²) in [6, 6.07) is 5.96. The van der Waals surface area contributed by atoms with E-state index in [1.54, 1.807) is 6.92 Å². The van der Waals surface area contributed by atoms with Crippen LogP contribution in [0.4, 0.5) is 36.4 Å². The van der Waals surface area contributed by atoms with E-state index in [0.717, 1.165) is 24.3 Å². The van der Waals surface area contributed by atoms with Crippen LogP contribution in [0, 0.1) is 5.41 Å². The molecule has 38 heavy (non-hydrogen) atoms. The van der Waals surface area contributed by atoms with E-state index in [1.165, 1.54) is 6.07 Å². The molecular formula is C25H23F7N2O3S. The summed E-state index contributed by atoms with van der Waals surface area (Å²) in [6.45, 7) is 1.74. The van der Waals surface area contributed by atoms with E-state index in [1.807, 2.05) is 0 Å². The molecule has 0 spiro atoms. The highest BCUT2D eigenvalue weighted by molar-refractivity contribution is 7.92. The Labute approximate surface area is 214 Å². The Morgan fingerprint density at radius 2 is 1.55 bits per heavy atom. The number of rotatable bonds is 5. The molecule has 1 amide bonds. The van der Waals surface area contributed by atoms with Gasteiger partial charge in [0, 0.05) is 13.0 Å². The second kappa shape index (κ2) is 9.35. The lowest BCUT2D eigenvalue weighted by Crippen LogP contribution is -2.46. The summed E-state index contributed by atoms with van der Waals surface area (Å²) in [4.78, 5) is 16.0. The average Bonchev–Trinajstić information content (AvgIpc) is 3.27. The number of nitrogens with one attached hydrogen (secondary N) is 1. The number of carbonyl (C=O) groups is 1. The van der Waals surface area contributed by atoms with E-state index in [-0.39, 0.29) is 42.8 Å². The highest BCUT2D eigenvalue weighted by Crippen LogP contribution is 2.47. The van der Waals surface area contributed by atoms with Gasteiger partial charge in [-0.3, -0.25) is 4.79 Å². The molecule has 0 bridgehead atoms.